The summed E-state index contributed by atoms with van der Waals surface area (Å²) in [5.74, 6) is 6.22. The molecule has 0 aliphatic carbocycles. The summed E-state index contributed by atoms with van der Waals surface area (Å²) in [4.78, 5) is 12.4. The number of benzene rings is 2. The van der Waals surface area contributed by atoms with Gasteiger partial charge in [0.05, 0.1) is 21.4 Å². The minimum atomic E-state index is -3.43. The van der Waals surface area contributed by atoms with Gasteiger partial charge < -0.3 is 11.2 Å². The van der Waals surface area contributed by atoms with E-state index in [0.717, 1.165) is 23.6 Å². The molecule has 1 aromatic heterocycles. The number of amides is 1. The Morgan fingerprint density at radius 1 is 1.16 bits per heavy atom. The number of sulfone groups is 1. The molecule has 0 saturated heterocycles. The molecule has 0 unspecified atom stereocenters. The van der Waals surface area contributed by atoms with Gasteiger partial charge in [-0.15, -0.1) is 10.2 Å². The number of carbonyl (C=O) groups is 1. The molecular weight excluding hydrogens is 470 g/mol. The van der Waals surface area contributed by atoms with Gasteiger partial charge in [-0.2, -0.15) is 0 Å². The van der Waals surface area contributed by atoms with E-state index < -0.39 is 9.84 Å². The molecule has 1 amide bonds. The van der Waals surface area contributed by atoms with Crippen LogP contribution >= 0.6 is 23.4 Å². The average molecular weight is 494 g/mol. The number of carbonyl (C=O) groups excluding carboxylic acids is 1. The van der Waals surface area contributed by atoms with Gasteiger partial charge in [-0.3, -0.25) is 4.79 Å². The maximum Gasteiger partial charge on any atom is 0.234 e. The van der Waals surface area contributed by atoms with Crippen LogP contribution in [0.2, 0.25) is 5.02 Å². The quantitative estimate of drug-likeness (QED) is 0.396. The first-order valence-corrected chi connectivity index (χ1v) is 12.9. The van der Waals surface area contributed by atoms with Crippen molar-refractivity contribution in [2.75, 3.05) is 23.2 Å². The Bertz CT molecular complexity index is 1250. The highest BCUT2D eigenvalue weighted by atomic mass is 35.5. The molecular formula is C21H24ClN5O3S2. The normalized spacial score (nSPS) is 12.0. The van der Waals surface area contributed by atoms with Gasteiger partial charge in [0.2, 0.25) is 11.1 Å². The predicted molar refractivity (Wildman–Crippen MR) is 128 cm³/mol. The number of aromatic nitrogens is 3. The Morgan fingerprint density at radius 2 is 1.81 bits per heavy atom. The minimum absolute atomic E-state index is 0.0161. The van der Waals surface area contributed by atoms with E-state index in [9.17, 15) is 13.2 Å². The Hall–Kier alpha value is -2.56. The molecule has 3 aromatic rings. The van der Waals surface area contributed by atoms with Gasteiger partial charge in [-0.1, -0.05) is 68.4 Å². The summed E-state index contributed by atoms with van der Waals surface area (Å²) in [6, 6.07) is 12.1. The molecule has 0 aliphatic heterocycles. The molecule has 3 N–H and O–H groups in total. The molecule has 0 spiro atoms. The highest BCUT2D eigenvalue weighted by Crippen LogP contribution is 2.28. The van der Waals surface area contributed by atoms with Crippen molar-refractivity contribution in [1.29, 1.82) is 0 Å². The summed E-state index contributed by atoms with van der Waals surface area (Å²) >= 11 is 7.18. The maximum atomic E-state index is 12.4. The number of nitrogens with two attached hydrogens (primary N) is 1. The van der Waals surface area contributed by atoms with Crippen LogP contribution < -0.4 is 11.2 Å². The standard InChI is InChI=1S/C21H24ClN5O3S2/c1-21(2,3)14-7-5-13(6-8-14)19-25-26-20(27(19)23)31-12-18(28)24-17-11-15(32(4,29)30)9-10-16(17)22/h5-11H,12,23H2,1-4H3,(H,24,28). The molecule has 32 heavy (non-hydrogen) atoms. The lowest BCUT2D eigenvalue weighted by Crippen LogP contribution is -2.17. The molecule has 0 aliphatic rings. The van der Waals surface area contributed by atoms with Gasteiger partial charge >= 0.3 is 0 Å². The zero-order chi connectivity index (χ0) is 23.7. The van der Waals surface area contributed by atoms with Crippen molar-refractivity contribution in [2.24, 2.45) is 0 Å². The van der Waals surface area contributed by atoms with Gasteiger partial charge in [0, 0.05) is 11.8 Å². The lowest BCUT2D eigenvalue weighted by atomic mass is 9.87. The van der Waals surface area contributed by atoms with Gasteiger partial charge in [-0.05, 0) is 29.2 Å². The van der Waals surface area contributed by atoms with Crippen LogP contribution in [-0.2, 0) is 20.0 Å². The number of halogens is 1. The third-order valence-corrected chi connectivity index (χ3v) is 7.03. The van der Waals surface area contributed by atoms with Crippen LogP contribution in [-0.4, -0.2) is 41.2 Å². The number of hydrogen-bond acceptors (Lipinski definition) is 7. The zero-order valence-electron chi connectivity index (χ0n) is 18.1. The number of nitrogens with one attached hydrogen (secondary N) is 1. The van der Waals surface area contributed by atoms with Crippen LogP contribution in [0.3, 0.4) is 0 Å². The average Bonchev–Trinajstić information content (AvgIpc) is 3.07. The van der Waals surface area contributed by atoms with Crippen molar-refractivity contribution < 1.29 is 13.2 Å². The maximum absolute atomic E-state index is 12.4. The second-order valence-electron chi connectivity index (χ2n) is 8.25. The Morgan fingerprint density at radius 3 is 2.41 bits per heavy atom. The van der Waals surface area contributed by atoms with Gasteiger partial charge in [-0.25, -0.2) is 13.1 Å². The topological polar surface area (TPSA) is 120 Å². The molecule has 170 valence electrons. The van der Waals surface area contributed by atoms with Crippen LogP contribution in [0.1, 0.15) is 26.3 Å². The van der Waals surface area contributed by atoms with Crippen molar-refractivity contribution in [1.82, 2.24) is 14.9 Å². The fourth-order valence-electron chi connectivity index (χ4n) is 2.84. The first kappa shape index (κ1) is 24.1. The van der Waals surface area contributed by atoms with Crippen molar-refractivity contribution in [3.63, 3.8) is 0 Å². The number of nitrogens with zero attached hydrogens (tertiary/aromatic N) is 3. The molecule has 3 rings (SSSR count). The zero-order valence-corrected chi connectivity index (χ0v) is 20.5. The van der Waals surface area contributed by atoms with E-state index in [1.165, 1.54) is 28.4 Å². The molecule has 0 saturated carbocycles. The summed E-state index contributed by atoms with van der Waals surface area (Å²) in [7, 11) is -3.43. The number of nitrogen functional groups attached to an aromatic ring is 1. The molecule has 0 radical (unpaired) electrons. The number of anilines is 1. The van der Waals surface area contributed by atoms with Gasteiger partial charge in [0.15, 0.2) is 15.7 Å². The summed E-state index contributed by atoms with van der Waals surface area (Å²) in [6.07, 6.45) is 1.08. The van der Waals surface area contributed by atoms with Crippen LogP contribution in [0.15, 0.2) is 52.5 Å². The van der Waals surface area contributed by atoms with Crippen LogP contribution in [0.5, 0.6) is 0 Å². The van der Waals surface area contributed by atoms with E-state index in [4.69, 9.17) is 17.4 Å². The van der Waals surface area contributed by atoms with Crippen LogP contribution in [0.25, 0.3) is 11.4 Å². The fourth-order valence-corrected chi connectivity index (χ4v) is 4.31. The van der Waals surface area contributed by atoms with Crippen LogP contribution in [0.4, 0.5) is 5.69 Å². The summed E-state index contributed by atoms with van der Waals surface area (Å²) in [5.41, 5.74) is 2.25. The summed E-state index contributed by atoms with van der Waals surface area (Å²) in [5, 5.41) is 11.4. The molecule has 0 atom stereocenters. The molecule has 0 bridgehead atoms. The summed E-state index contributed by atoms with van der Waals surface area (Å²) < 4.78 is 24.8. The Balaban J connectivity index is 1.68. The van der Waals surface area contributed by atoms with Crippen LogP contribution in [0, 0.1) is 0 Å². The Kier molecular flexibility index (Phi) is 6.87. The first-order valence-electron chi connectivity index (χ1n) is 9.60. The van der Waals surface area contributed by atoms with E-state index in [-0.39, 0.29) is 32.7 Å². The van der Waals surface area contributed by atoms with Crippen molar-refractivity contribution >= 4 is 44.8 Å². The first-order chi connectivity index (χ1) is 14.9. The molecule has 1 heterocycles. The lowest BCUT2D eigenvalue weighted by molar-refractivity contribution is -0.113. The molecule has 11 heteroatoms. The number of rotatable bonds is 6. The second kappa shape index (κ2) is 9.13. The van der Waals surface area contributed by atoms with Crippen molar-refractivity contribution in [2.45, 2.75) is 36.2 Å². The van der Waals surface area contributed by atoms with E-state index >= 15 is 0 Å². The highest BCUT2D eigenvalue weighted by molar-refractivity contribution is 7.99. The Labute approximate surface area is 196 Å². The summed E-state index contributed by atoms with van der Waals surface area (Å²) in [6.45, 7) is 6.41. The SMILES string of the molecule is CC(C)(C)c1ccc(-c2nnc(SCC(=O)Nc3cc(S(C)(=O)=O)ccc3Cl)n2N)cc1. The fraction of sp³-hybridized carbons (Fsp3) is 0.286. The number of hydrogen-bond donors (Lipinski definition) is 2. The van der Waals surface area contributed by atoms with E-state index in [1.54, 1.807) is 0 Å². The van der Waals surface area contributed by atoms with E-state index in [1.807, 2.05) is 24.3 Å². The number of thioether (sulfide) groups is 1. The van der Waals surface area contributed by atoms with E-state index in [2.05, 4.69) is 36.3 Å². The third-order valence-electron chi connectivity index (χ3n) is 4.65. The monoisotopic (exact) mass is 493 g/mol. The van der Waals surface area contributed by atoms with Crippen molar-refractivity contribution in [3.05, 3.63) is 53.1 Å². The minimum Gasteiger partial charge on any atom is -0.335 e. The molecule has 2 aromatic carbocycles. The molecule has 8 nitrogen and oxygen atoms in total. The van der Waals surface area contributed by atoms with E-state index in [0.29, 0.717) is 11.0 Å². The smallest absolute Gasteiger partial charge is 0.234 e. The highest BCUT2D eigenvalue weighted by Gasteiger charge is 2.17. The predicted octanol–water partition coefficient (Wildman–Crippen LogP) is 3.74. The largest absolute Gasteiger partial charge is 0.335 e. The second-order valence-corrected chi connectivity index (χ2v) is 11.6. The van der Waals surface area contributed by atoms with Gasteiger partial charge in [0.1, 0.15) is 0 Å². The third kappa shape index (κ3) is 5.62. The lowest BCUT2D eigenvalue weighted by Gasteiger charge is -2.19. The van der Waals surface area contributed by atoms with Crippen molar-refractivity contribution in [3.8, 4) is 11.4 Å². The molecule has 0 fully saturated rings. The van der Waals surface area contributed by atoms with Gasteiger partial charge in [0.25, 0.3) is 0 Å².